The predicted octanol–water partition coefficient (Wildman–Crippen LogP) is 9.50. The highest BCUT2D eigenvalue weighted by atomic mass is 19.4. The first kappa shape index (κ1) is 39.2. The van der Waals surface area contributed by atoms with Crippen molar-refractivity contribution in [1.29, 1.82) is 0 Å². The van der Waals surface area contributed by atoms with E-state index in [1.165, 1.54) is 6.07 Å². The van der Waals surface area contributed by atoms with E-state index in [2.05, 4.69) is 25.5 Å². The maximum absolute atomic E-state index is 13.3. The van der Waals surface area contributed by atoms with Crippen LogP contribution >= 0.6 is 0 Å². The minimum absolute atomic E-state index is 0.0312. The molecule has 1 aromatic heterocycles. The molecule has 3 rings (SSSR count). The molecular weight excluding hydrogens is 625 g/mol. The van der Waals surface area contributed by atoms with Crippen molar-refractivity contribution in [1.82, 2.24) is 0 Å². The highest BCUT2D eigenvalue weighted by Crippen LogP contribution is 2.44. The second-order valence-corrected chi connectivity index (χ2v) is 14.5. The Morgan fingerprint density at radius 3 is 2.31 bits per heavy atom. The molecule has 2 aromatic carbocycles. The van der Waals surface area contributed by atoms with Crippen LogP contribution in [0.25, 0.3) is 22.3 Å². The molecule has 0 fully saturated rings. The van der Waals surface area contributed by atoms with Gasteiger partial charge in [0.2, 0.25) is 0 Å². The summed E-state index contributed by atoms with van der Waals surface area (Å²) in [5.41, 5.74) is 0.368. The fraction of sp³-hybridized carbons (Fsp3) is 0.605. The molecule has 0 radical (unpaired) electrons. The molecule has 7 nitrogen and oxygen atoms in total. The van der Waals surface area contributed by atoms with Crippen LogP contribution in [-0.2, 0) is 16.0 Å². The minimum Gasteiger partial charge on any atom is -0.491 e. The number of unbranched alkanes of at least 4 members (excludes halogenated alkanes) is 2. The highest BCUT2D eigenvalue weighted by Gasteiger charge is 2.46. The van der Waals surface area contributed by atoms with Crippen LogP contribution in [0.5, 0.6) is 11.5 Å². The number of hydrogen-bond donors (Lipinski definition) is 2. The van der Waals surface area contributed by atoms with E-state index in [0.29, 0.717) is 48.3 Å². The number of aryl methyl sites for hydroxylation is 1. The number of furan rings is 1. The standard InChI is InChI=1S/C38H53F3O7/c1-8-9-10-11-26-13-17-31(34(18-26)48-38(39,40)41)33-19-28-14-16-30(20-32(28)47-33)45-24-29(43)15-12-27(22-42)23-46-35(44)37(7,21-25(2)3)36(4,5)6/h13-14,16-20,25,27,29,42-43H,8-12,15,21-24H2,1-7H3. The van der Waals surface area contributed by atoms with E-state index in [9.17, 15) is 28.2 Å². The van der Waals surface area contributed by atoms with E-state index < -0.39 is 17.9 Å². The first-order valence-corrected chi connectivity index (χ1v) is 17.0. The molecule has 2 N–H and O–H groups in total. The molecule has 0 spiro atoms. The summed E-state index contributed by atoms with van der Waals surface area (Å²) < 4.78 is 61.6. The third kappa shape index (κ3) is 11.2. The molecule has 0 saturated carbocycles. The van der Waals surface area contributed by atoms with E-state index >= 15 is 0 Å². The van der Waals surface area contributed by atoms with Crippen LogP contribution in [0.1, 0.15) is 92.6 Å². The minimum atomic E-state index is -4.85. The van der Waals surface area contributed by atoms with Crippen molar-refractivity contribution in [3.05, 3.63) is 48.0 Å². The number of carbonyl (C=O) groups is 1. The number of rotatable bonds is 18. The van der Waals surface area contributed by atoms with Gasteiger partial charge in [0.25, 0.3) is 0 Å². The lowest BCUT2D eigenvalue weighted by Crippen LogP contribution is -2.43. The monoisotopic (exact) mass is 678 g/mol. The molecule has 0 aliphatic heterocycles. The van der Waals surface area contributed by atoms with Gasteiger partial charge in [-0.15, -0.1) is 13.2 Å². The van der Waals surface area contributed by atoms with Gasteiger partial charge in [-0.3, -0.25) is 4.79 Å². The van der Waals surface area contributed by atoms with Crippen molar-refractivity contribution in [3.8, 4) is 22.8 Å². The SMILES string of the molecule is CCCCCc1ccc(-c2cc3ccc(OCC(O)CCC(CO)COC(=O)C(C)(CC(C)C)C(C)(C)C)cc3o2)c(OC(F)(F)F)c1. The molecule has 0 aliphatic carbocycles. The van der Waals surface area contributed by atoms with Crippen LogP contribution in [0.4, 0.5) is 13.2 Å². The van der Waals surface area contributed by atoms with Crippen molar-refractivity contribution < 1.29 is 46.8 Å². The molecule has 268 valence electrons. The third-order valence-electron chi connectivity index (χ3n) is 9.08. The van der Waals surface area contributed by atoms with Crippen LogP contribution in [0, 0.1) is 22.7 Å². The summed E-state index contributed by atoms with van der Waals surface area (Å²) in [6, 6.07) is 11.5. The Kier molecular flexibility index (Phi) is 13.8. The molecule has 10 heteroatoms. The molecule has 0 saturated heterocycles. The summed E-state index contributed by atoms with van der Waals surface area (Å²) in [7, 11) is 0. The van der Waals surface area contributed by atoms with Gasteiger partial charge in [0.05, 0.1) is 23.7 Å². The number of esters is 1. The fourth-order valence-electron chi connectivity index (χ4n) is 5.74. The Bertz CT molecular complexity index is 1460. The lowest BCUT2D eigenvalue weighted by atomic mass is 9.64. The second-order valence-electron chi connectivity index (χ2n) is 14.5. The molecular formula is C38H53F3O7. The zero-order valence-electron chi connectivity index (χ0n) is 29.4. The van der Waals surface area contributed by atoms with Gasteiger partial charge in [0, 0.05) is 24.0 Å². The maximum Gasteiger partial charge on any atom is 0.573 e. The second kappa shape index (κ2) is 16.9. The number of aliphatic hydroxyl groups is 2. The van der Waals surface area contributed by atoms with E-state index in [1.807, 2.05) is 27.7 Å². The largest absolute Gasteiger partial charge is 0.573 e. The van der Waals surface area contributed by atoms with Crippen LogP contribution in [0.2, 0.25) is 0 Å². The summed E-state index contributed by atoms with van der Waals surface area (Å²) in [5.74, 6) is 0.0190. The zero-order chi connectivity index (χ0) is 35.7. The molecule has 1 heterocycles. The van der Waals surface area contributed by atoms with Gasteiger partial charge in [0.15, 0.2) is 0 Å². The predicted molar refractivity (Wildman–Crippen MR) is 181 cm³/mol. The van der Waals surface area contributed by atoms with E-state index in [-0.39, 0.29) is 54.2 Å². The first-order valence-electron chi connectivity index (χ1n) is 17.0. The highest BCUT2D eigenvalue weighted by molar-refractivity contribution is 5.85. The van der Waals surface area contributed by atoms with E-state index in [0.717, 1.165) is 24.8 Å². The summed E-state index contributed by atoms with van der Waals surface area (Å²) >= 11 is 0. The van der Waals surface area contributed by atoms with E-state index in [1.54, 1.807) is 36.4 Å². The van der Waals surface area contributed by atoms with Gasteiger partial charge in [-0.1, -0.05) is 60.5 Å². The summed E-state index contributed by atoms with van der Waals surface area (Å²) in [5, 5.41) is 21.2. The van der Waals surface area contributed by atoms with Crippen molar-refractivity contribution in [3.63, 3.8) is 0 Å². The maximum atomic E-state index is 13.3. The number of ether oxygens (including phenoxy) is 3. The number of fused-ring (bicyclic) bond motifs is 1. The van der Waals surface area contributed by atoms with Crippen molar-refractivity contribution >= 4 is 16.9 Å². The van der Waals surface area contributed by atoms with Gasteiger partial charge in [-0.25, -0.2) is 0 Å². The van der Waals surface area contributed by atoms with E-state index in [4.69, 9.17) is 13.9 Å². The normalized spacial score (nSPS) is 14.9. The van der Waals surface area contributed by atoms with Crippen LogP contribution in [0.3, 0.4) is 0 Å². The number of carbonyl (C=O) groups excluding carboxylic acids is 1. The van der Waals surface area contributed by atoms with Gasteiger partial charge in [0.1, 0.15) is 29.4 Å². The average Bonchev–Trinajstić information content (AvgIpc) is 3.41. The van der Waals surface area contributed by atoms with Crippen LogP contribution < -0.4 is 9.47 Å². The molecule has 3 atom stereocenters. The number of aliphatic hydroxyl groups excluding tert-OH is 2. The molecule has 0 aliphatic rings. The Hall–Kier alpha value is -3.24. The number of halogens is 3. The number of hydrogen-bond acceptors (Lipinski definition) is 7. The number of alkyl halides is 3. The topological polar surface area (TPSA) is 98.4 Å². The average molecular weight is 679 g/mol. The number of benzene rings is 2. The lowest BCUT2D eigenvalue weighted by molar-refractivity contribution is -0.274. The third-order valence-corrected chi connectivity index (χ3v) is 9.08. The molecule has 48 heavy (non-hydrogen) atoms. The Balaban J connectivity index is 1.60. The first-order chi connectivity index (χ1) is 22.5. The summed E-state index contributed by atoms with van der Waals surface area (Å²) in [6.45, 7) is 14.0. The summed E-state index contributed by atoms with van der Waals surface area (Å²) in [6.07, 6.45) is -0.773. The molecule has 0 bridgehead atoms. The molecule has 3 unspecified atom stereocenters. The molecule has 3 aromatic rings. The smallest absolute Gasteiger partial charge is 0.491 e. The van der Waals surface area contributed by atoms with Gasteiger partial charge < -0.3 is 28.8 Å². The van der Waals surface area contributed by atoms with Crippen LogP contribution in [-0.4, -0.2) is 48.5 Å². The van der Waals surface area contributed by atoms with Crippen molar-refractivity contribution in [2.45, 2.75) is 106 Å². The lowest BCUT2D eigenvalue weighted by Gasteiger charge is -2.41. The Labute approximate surface area is 282 Å². The Morgan fingerprint density at radius 1 is 0.958 bits per heavy atom. The molecule has 0 amide bonds. The van der Waals surface area contributed by atoms with Gasteiger partial charge >= 0.3 is 12.3 Å². The van der Waals surface area contributed by atoms with Crippen LogP contribution in [0.15, 0.2) is 46.9 Å². The zero-order valence-corrected chi connectivity index (χ0v) is 29.4. The fourth-order valence-corrected chi connectivity index (χ4v) is 5.74. The van der Waals surface area contributed by atoms with Crippen molar-refractivity contribution in [2.75, 3.05) is 19.8 Å². The van der Waals surface area contributed by atoms with Gasteiger partial charge in [-0.05, 0) is 86.3 Å². The van der Waals surface area contributed by atoms with Crippen molar-refractivity contribution in [2.24, 2.45) is 22.7 Å². The quantitative estimate of drug-likeness (QED) is 0.102. The summed E-state index contributed by atoms with van der Waals surface area (Å²) in [4.78, 5) is 13.1. The Morgan fingerprint density at radius 2 is 1.69 bits per heavy atom. The van der Waals surface area contributed by atoms with Gasteiger partial charge in [-0.2, -0.15) is 0 Å².